The van der Waals surface area contributed by atoms with Crippen LogP contribution < -0.4 is 10.6 Å². The number of ether oxygens (including phenoxy) is 1. The molecule has 0 aliphatic carbocycles. The Balaban J connectivity index is 2.17. The van der Waals surface area contributed by atoms with Crippen LogP contribution in [0.2, 0.25) is 0 Å². The average Bonchev–Trinajstić information content (AvgIpc) is 2.53. The second kappa shape index (κ2) is 5.80. The summed E-state index contributed by atoms with van der Waals surface area (Å²) in [6.07, 6.45) is -2.79. The van der Waals surface area contributed by atoms with Crippen molar-refractivity contribution in [2.24, 2.45) is 5.73 Å². The molecule has 2 aromatic rings. The second-order valence-corrected chi connectivity index (χ2v) is 4.91. The number of fused-ring (bicyclic) bond motifs is 1. The van der Waals surface area contributed by atoms with E-state index in [2.05, 4.69) is 9.97 Å². The van der Waals surface area contributed by atoms with Crippen molar-refractivity contribution in [3.8, 4) is 0 Å². The van der Waals surface area contributed by atoms with Crippen molar-refractivity contribution in [2.75, 3.05) is 24.7 Å². The van der Waals surface area contributed by atoms with Crippen molar-refractivity contribution in [3.63, 3.8) is 0 Å². The highest BCUT2D eigenvalue weighted by molar-refractivity contribution is 5.92. The fourth-order valence-corrected chi connectivity index (χ4v) is 2.49. The lowest BCUT2D eigenvalue weighted by molar-refractivity contribution is -0.121. The first-order valence-electron chi connectivity index (χ1n) is 6.76. The van der Waals surface area contributed by atoms with Gasteiger partial charge < -0.3 is 15.4 Å². The minimum Gasteiger partial charge on any atom is -0.377 e. The quantitative estimate of drug-likeness (QED) is 0.923. The first kappa shape index (κ1) is 14.6. The minimum atomic E-state index is -2.79. The smallest absolute Gasteiger partial charge is 0.297 e. The first-order chi connectivity index (χ1) is 10.6. The Bertz CT molecular complexity index is 710. The van der Waals surface area contributed by atoms with Crippen molar-refractivity contribution >= 4 is 22.6 Å². The summed E-state index contributed by atoms with van der Waals surface area (Å²) in [4.78, 5) is 21.0. The summed E-state index contributed by atoms with van der Waals surface area (Å²) < 4.78 is 31.3. The van der Waals surface area contributed by atoms with E-state index in [1.54, 1.807) is 29.2 Å². The number of para-hydroxylation sites is 1. The molecule has 1 aliphatic rings. The highest BCUT2D eigenvalue weighted by Crippen LogP contribution is 2.29. The van der Waals surface area contributed by atoms with E-state index < -0.39 is 24.2 Å². The lowest BCUT2D eigenvalue weighted by Gasteiger charge is -2.35. The van der Waals surface area contributed by atoms with Crippen LogP contribution in [0.1, 0.15) is 12.2 Å². The first-order valence-corrected chi connectivity index (χ1v) is 6.76. The summed E-state index contributed by atoms with van der Waals surface area (Å²) in [7, 11) is 0. The average molecular weight is 308 g/mol. The molecule has 8 heteroatoms. The van der Waals surface area contributed by atoms with Crippen LogP contribution in [0.4, 0.5) is 14.6 Å². The van der Waals surface area contributed by atoms with Gasteiger partial charge in [0, 0.05) is 11.9 Å². The molecule has 1 saturated heterocycles. The maximum atomic E-state index is 13.0. The van der Waals surface area contributed by atoms with Gasteiger partial charge in [0.2, 0.25) is 5.91 Å². The van der Waals surface area contributed by atoms with Crippen molar-refractivity contribution in [3.05, 3.63) is 30.1 Å². The standard InChI is InChI=1S/C14H14F2N4O2/c15-11(16)13-18-9-4-2-1-3-8(9)14(19-13)20-5-6-22-7-10(20)12(17)21/h1-4,10-11H,5-7H2,(H2,17,21)/t10-/m1/s1. The summed E-state index contributed by atoms with van der Waals surface area (Å²) in [5.41, 5.74) is 5.79. The van der Waals surface area contributed by atoms with Gasteiger partial charge in [-0.05, 0) is 12.1 Å². The van der Waals surface area contributed by atoms with Crippen LogP contribution in [-0.2, 0) is 9.53 Å². The topological polar surface area (TPSA) is 81.3 Å². The predicted octanol–water partition coefficient (Wildman–Crippen LogP) is 1.26. The van der Waals surface area contributed by atoms with Gasteiger partial charge in [0.25, 0.3) is 6.43 Å². The zero-order chi connectivity index (χ0) is 15.7. The van der Waals surface area contributed by atoms with E-state index in [-0.39, 0.29) is 12.4 Å². The zero-order valence-electron chi connectivity index (χ0n) is 11.6. The number of carbonyl (C=O) groups excluding carboxylic acids is 1. The molecule has 0 spiro atoms. The van der Waals surface area contributed by atoms with Gasteiger partial charge in [-0.15, -0.1) is 0 Å². The van der Waals surface area contributed by atoms with Gasteiger partial charge in [-0.3, -0.25) is 4.79 Å². The number of primary amides is 1. The Hall–Kier alpha value is -2.35. The molecule has 0 unspecified atom stereocenters. The maximum Gasteiger partial charge on any atom is 0.297 e. The molecule has 6 nitrogen and oxygen atoms in total. The third kappa shape index (κ3) is 2.57. The highest BCUT2D eigenvalue weighted by atomic mass is 19.3. The number of alkyl halides is 2. The van der Waals surface area contributed by atoms with Gasteiger partial charge in [0.05, 0.1) is 18.7 Å². The molecule has 1 amide bonds. The molecule has 0 bridgehead atoms. The molecule has 1 aromatic carbocycles. The van der Waals surface area contributed by atoms with E-state index >= 15 is 0 Å². The second-order valence-electron chi connectivity index (χ2n) is 4.91. The third-order valence-corrected chi connectivity index (χ3v) is 3.52. The van der Waals surface area contributed by atoms with Crippen LogP contribution in [0.25, 0.3) is 10.9 Å². The van der Waals surface area contributed by atoms with Gasteiger partial charge >= 0.3 is 0 Å². The van der Waals surface area contributed by atoms with Gasteiger partial charge in [0.1, 0.15) is 11.9 Å². The number of amides is 1. The van der Waals surface area contributed by atoms with Crippen LogP contribution >= 0.6 is 0 Å². The SMILES string of the molecule is NC(=O)[C@H]1COCCN1c1nc(C(F)F)nc2ccccc12. The van der Waals surface area contributed by atoms with Crippen LogP contribution in [-0.4, -0.2) is 41.7 Å². The molecular weight excluding hydrogens is 294 g/mol. The Kier molecular flexibility index (Phi) is 3.84. The van der Waals surface area contributed by atoms with Crippen molar-refractivity contribution in [1.29, 1.82) is 0 Å². The Morgan fingerprint density at radius 3 is 2.86 bits per heavy atom. The number of nitrogens with zero attached hydrogens (tertiary/aromatic N) is 3. The highest BCUT2D eigenvalue weighted by Gasteiger charge is 2.31. The van der Waals surface area contributed by atoms with Gasteiger partial charge in [-0.25, -0.2) is 18.7 Å². The molecule has 3 rings (SSSR count). The van der Waals surface area contributed by atoms with Crippen LogP contribution in [0.5, 0.6) is 0 Å². The number of benzene rings is 1. The number of aromatic nitrogens is 2. The van der Waals surface area contributed by atoms with E-state index in [4.69, 9.17) is 10.5 Å². The monoisotopic (exact) mass is 308 g/mol. The molecule has 1 aliphatic heterocycles. The summed E-state index contributed by atoms with van der Waals surface area (Å²) >= 11 is 0. The molecule has 22 heavy (non-hydrogen) atoms. The summed E-state index contributed by atoms with van der Waals surface area (Å²) in [6.45, 7) is 0.821. The van der Waals surface area contributed by atoms with E-state index in [0.29, 0.717) is 24.1 Å². The number of morpholine rings is 1. The van der Waals surface area contributed by atoms with Crippen molar-refractivity contribution < 1.29 is 18.3 Å². The number of carbonyl (C=O) groups is 1. The van der Waals surface area contributed by atoms with Gasteiger partial charge in [-0.2, -0.15) is 0 Å². The molecule has 1 aromatic heterocycles. The maximum absolute atomic E-state index is 13.0. The number of hydrogen-bond donors (Lipinski definition) is 1. The predicted molar refractivity (Wildman–Crippen MR) is 75.6 cm³/mol. The fourth-order valence-electron chi connectivity index (χ4n) is 2.49. The van der Waals surface area contributed by atoms with Crippen molar-refractivity contribution in [1.82, 2.24) is 9.97 Å². The lowest BCUT2D eigenvalue weighted by atomic mass is 10.1. The third-order valence-electron chi connectivity index (χ3n) is 3.52. The molecular formula is C14H14F2N4O2. The summed E-state index contributed by atoms with van der Waals surface area (Å²) in [5, 5.41) is 0.597. The van der Waals surface area contributed by atoms with Crippen molar-refractivity contribution in [2.45, 2.75) is 12.5 Å². The number of hydrogen-bond acceptors (Lipinski definition) is 5. The molecule has 1 fully saturated rings. The number of anilines is 1. The Morgan fingerprint density at radius 1 is 1.36 bits per heavy atom. The largest absolute Gasteiger partial charge is 0.377 e. The summed E-state index contributed by atoms with van der Waals surface area (Å²) in [5.74, 6) is -0.864. The Labute approximate surface area is 124 Å². The van der Waals surface area contributed by atoms with E-state index in [0.717, 1.165) is 0 Å². The van der Waals surface area contributed by atoms with Gasteiger partial charge in [0.15, 0.2) is 5.82 Å². The number of halogens is 2. The lowest BCUT2D eigenvalue weighted by Crippen LogP contribution is -2.53. The molecule has 2 heterocycles. The van der Waals surface area contributed by atoms with Gasteiger partial charge in [-0.1, -0.05) is 12.1 Å². The number of nitrogens with two attached hydrogens (primary N) is 1. The Morgan fingerprint density at radius 2 is 2.14 bits per heavy atom. The van der Waals surface area contributed by atoms with Crippen LogP contribution in [0.15, 0.2) is 24.3 Å². The fraction of sp³-hybridized carbons (Fsp3) is 0.357. The zero-order valence-corrected chi connectivity index (χ0v) is 11.6. The molecule has 2 N–H and O–H groups in total. The van der Waals surface area contributed by atoms with E-state index in [1.165, 1.54) is 0 Å². The van der Waals surface area contributed by atoms with E-state index in [1.807, 2.05) is 0 Å². The normalized spacial score (nSPS) is 18.9. The molecule has 0 radical (unpaired) electrons. The minimum absolute atomic E-state index is 0.109. The molecule has 0 saturated carbocycles. The molecule has 116 valence electrons. The van der Waals surface area contributed by atoms with E-state index in [9.17, 15) is 13.6 Å². The van der Waals surface area contributed by atoms with Crippen LogP contribution in [0, 0.1) is 0 Å². The summed E-state index contributed by atoms with van der Waals surface area (Å²) in [6, 6.07) is 6.09. The van der Waals surface area contributed by atoms with Crippen LogP contribution in [0.3, 0.4) is 0 Å². The number of rotatable bonds is 3. The molecule has 1 atom stereocenters.